The van der Waals surface area contributed by atoms with Crippen LogP contribution in [0.15, 0.2) is 39.9 Å². The molecule has 0 aliphatic heterocycles. The van der Waals surface area contributed by atoms with Crippen LogP contribution >= 0.6 is 0 Å². The summed E-state index contributed by atoms with van der Waals surface area (Å²) in [5.74, 6) is 0.291. The van der Waals surface area contributed by atoms with Gasteiger partial charge in [-0.05, 0) is 0 Å². The van der Waals surface area contributed by atoms with Crippen molar-refractivity contribution >= 4 is 26.1 Å². The van der Waals surface area contributed by atoms with Crippen LogP contribution in [0.4, 0.5) is 0 Å². The Labute approximate surface area is 98.8 Å². The van der Waals surface area contributed by atoms with Crippen LogP contribution in [0, 0.1) is 0 Å². The van der Waals surface area contributed by atoms with Gasteiger partial charge in [-0.3, -0.25) is 0 Å². The fourth-order valence-corrected chi connectivity index (χ4v) is 2.80. The molecule has 0 saturated carbocycles. The number of hydrogen-bond acceptors (Lipinski definition) is 3. The van der Waals surface area contributed by atoms with Crippen molar-refractivity contribution < 1.29 is 14.0 Å². The summed E-state index contributed by atoms with van der Waals surface area (Å²) in [5, 5.41) is 0. The SMILES string of the molecule is O=C(CCC(=O)c1ccc[se]1)c1ccco1. The third-order valence-electron chi connectivity index (χ3n) is 2.17. The first-order chi connectivity index (χ1) is 7.77. The van der Waals surface area contributed by atoms with E-state index in [1.807, 2.05) is 17.1 Å². The molecule has 3 nitrogen and oxygen atoms in total. The van der Waals surface area contributed by atoms with Gasteiger partial charge >= 0.3 is 98.6 Å². The average molecular weight is 281 g/mol. The van der Waals surface area contributed by atoms with Crippen molar-refractivity contribution in [3.8, 4) is 0 Å². The summed E-state index contributed by atoms with van der Waals surface area (Å²) in [6.07, 6.45) is 1.95. The van der Waals surface area contributed by atoms with Crippen molar-refractivity contribution in [1.29, 1.82) is 0 Å². The van der Waals surface area contributed by atoms with Crippen LogP contribution in [0.5, 0.6) is 0 Å². The van der Waals surface area contributed by atoms with E-state index in [-0.39, 0.29) is 38.9 Å². The first-order valence-electron chi connectivity index (χ1n) is 4.91. The van der Waals surface area contributed by atoms with Crippen LogP contribution in [-0.2, 0) is 0 Å². The Morgan fingerprint density at radius 1 is 1.12 bits per heavy atom. The van der Waals surface area contributed by atoms with Crippen LogP contribution in [0.3, 0.4) is 0 Å². The van der Waals surface area contributed by atoms with E-state index in [4.69, 9.17) is 4.42 Å². The van der Waals surface area contributed by atoms with Gasteiger partial charge in [0.2, 0.25) is 0 Å². The summed E-state index contributed by atoms with van der Waals surface area (Å²) in [4.78, 5) is 25.2. The molecular formula is C12H10O3Se. The predicted molar refractivity (Wildman–Crippen MR) is 60.0 cm³/mol. The second-order valence-corrected chi connectivity index (χ2v) is 5.29. The van der Waals surface area contributed by atoms with Crippen LogP contribution in [0.1, 0.15) is 32.6 Å². The van der Waals surface area contributed by atoms with Crippen molar-refractivity contribution in [3.63, 3.8) is 0 Å². The van der Waals surface area contributed by atoms with Crippen LogP contribution < -0.4 is 0 Å². The van der Waals surface area contributed by atoms with Gasteiger partial charge in [0, 0.05) is 0 Å². The summed E-state index contributed by atoms with van der Waals surface area (Å²) >= 11 is 0.158. The van der Waals surface area contributed by atoms with E-state index in [0.717, 1.165) is 4.44 Å². The van der Waals surface area contributed by atoms with Gasteiger partial charge in [-0.25, -0.2) is 0 Å². The molecule has 0 fully saturated rings. The molecule has 0 aromatic carbocycles. The molecule has 82 valence electrons. The molecule has 16 heavy (non-hydrogen) atoms. The molecule has 0 aliphatic rings. The number of Topliss-reactive ketones (excluding diaryl/α,β-unsaturated/α-hetero) is 2. The molecule has 0 amide bonds. The molecule has 0 radical (unpaired) electrons. The van der Waals surface area contributed by atoms with Crippen molar-refractivity contribution in [1.82, 2.24) is 0 Å². The van der Waals surface area contributed by atoms with E-state index in [1.54, 1.807) is 12.1 Å². The molecule has 2 aromatic rings. The molecule has 0 aliphatic carbocycles. The van der Waals surface area contributed by atoms with E-state index >= 15 is 0 Å². The van der Waals surface area contributed by atoms with E-state index in [0.29, 0.717) is 5.76 Å². The maximum absolute atomic E-state index is 11.6. The fraction of sp³-hybridized carbons (Fsp3) is 0.167. The number of hydrogen-bond donors (Lipinski definition) is 0. The first kappa shape index (κ1) is 11.1. The topological polar surface area (TPSA) is 47.3 Å². The molecule has 0 atom stereocenters. The molecular weight excluding hydrogens is 271 g/mol. The minimum atomic E-state index is -0.114. The fourth-order valence-electron chi connectivity index (χ4n) is 1.35. The monoisotopic (exact) mass is 282 g/mol. The standard InChI is InChI=1S/C12H10O3Se/c13-9(11-3-1-7-15-11)5-6-10(14)12-4-2-8-16-12/h1-4,7-8H,5-6H2. The first-order valence-corrected chi connectivity index (χ1v) is 6.75. The molecule has 4 heteroatoms. The molecule has 0 unspecified atom stereocenters. The second kappa shape index (κ2) is 5.10. The van der Waals surface area contributed by atoms with Gasteiger partial charge in [0.05, 0.1) is 0 Å². The van der Waals surface area contributed by atoms with Crippen molar-refractivity contribution in [2.24, 2.45) is 0 Å². The van der Waals surface area contributed by atoms with Gasteiger partial charge in [0.25, 0.3) is 0 Å². The number of furan rings is 1. The zero-order valence-electron chi connectivity index (χ0n) is 8.51. The Hall–Kier alpha value is -1.38. The number of carbonyl (C=O) groups excluding carboxylic acids is 2. The average Bonchev–Trinajstić information content (AvgIpc) is 2.95. The summed E-state index contributed by atoms with van der Waals surface area (Å²) in [6, 6.07) is 7.01. The second-order valence-electron chi connectivity index (χ2n) is 3.30. The van der Waals surface area contributed by atoms with Crippen molar-refractivity contribution in [2.45, 2.75) is 12.8 Å². The van der Waals surface area contributed by atoms with Gasteiger partial charge in [-0.2, -0.15) is 0 Å². The summed E-state index contributed by atoms with van der Waals surface area (Å²) < 4.78 is 5.82. The zero-order chi connectivity index (χ0) is 11.4. The van der Waals surface area contributed by atoms with Crippen LogP contribution in [0.25, 0.3) is 0 Å². The van der Waals surface area contributed by atoms with E-state index in [9.17, 15) is 9.59 Å². The third-order valence-corrected chi connectivity index (χ3v) is 4.08. The Morgan fingerprint density at radius 3 is 2.56 bits per heavy atom. The number of carbonyl (C=O) groups is 2. The van der Waals surface area contributed by atoms with Gasteiger partial charge in [0.1, 0.15) is 0 Å². The quantitative estimate of drug-likeness (QED) is 0.623. The normalized spacial score (nSPS) is 10.2. The van der Waals surface area contributed by atoms with Gasteiger partial charge < -0.3 is 0 Å². The Bertz CT molecular complexity index is 422. The Morgan fingerprint density at radius 2 is 1.94 bits per heavy atom. The number of rotatable bonds is 5. The molecule has 0 saturated heterocycles. The third kappa shape index (κ3) is 2.60. The Balaban J connectivity index is 1.89. The van der Waals surface area contributed by atoms with E-state index in [2.05, 4.69) is 0 Å². The van der Waals surface area contributed by atoms with Gasteiger partial charge in [-0.1, -0.05) is 0 Å². The van der Waals surface area contributed by atoms with Crippen LogP contribution in [-0.4, -0.2) is 26.1 Å². The van der Waals surface area contributed by atoms with E-state index in [1.165, 1.54) is 6.26 Å². The van der Waals surface area contributed by atoms with E-state index < -0.39 is 0 Å². The molecule has 2 aromatic heterocycles. The summed E-state index contributed by atoms with van der Waals surface area (Å²) in [5.41, 5.74) is 0. The van der Waals surface area contributed by atoms with Crippen LogP contribution in [0.2, 0.25) is 0 Å². The zero-order valence-corrected chi connectivity index (χ0v) is 10.2. The predicted octanol–water partition coefficient (Wildman–Crippen LogP) is 2.18. The molecule has 0 bridgehead atoms. The molecule has 0 N–H and O–H groups in total. The van der Waals surface area contributed by atoms with Gasteiger partial charge in [-0.15, -0.1) is 0 Å². The summed E-state index contributed by atoms with van der Waals surface area (Å²) in [7, 11) is 0. The van der Waals surface area contributed by atoms with Crippen molar-refractivity contribution in [2.75, 3.05) is 0 Å². The Kier molecular flexibility index (Phi) is 3.54. The molecule has 0 spiro atoms. The van der Waals surface area contributed by atoms with Crippen molar-refractivity contribution in [3.05, 3.63) is 45.7 Å². The summed E-state index contributed by atoms with van der Waals surface area (Å²) in [6.45, 7) is 0. The number of ketones is 2. The van der Waals surface area contributed by atoms with Gasteiger partial charge in [0.15, 0.2) is 0 Å². The minimum absolute atomic E-state index is 0.0740. The maximum atomic E-state index is 11.6. The molecule has 2 rings (SSSR count). The molecule has 2 heterocycles.